The van der Waals surface area contributed by atoms with Gasteiger partial charge in [-0.1, -0.05) is 12.1 Å². The highest BCUT2D eigenvalue weighted by atomic mass is 16.3. The Kier molecular flexibility index (Phi) is 3.69. The molecule has 4 N–H and O–H groups in total. The van der Waals surface area contributed by atoms with Crippen LogP contribution < -0.4 is 11.1 Å². The number of hydrogen-bond acceptors (Lipinski definition) is 3. The van der Waals surface area contributed by atoms with Crippen molar-refractivity contribution in [1.82, 2.24) is 0 Å². The number of aromatic hydroxyl groups is 1. The summed E-state index contributed by atoms with van der Waals surface area (Å²) in [7, 11) is 0. The van der Waals surface area contributed by atoms with Crippen LogP contribution in [0.15, 0.2) is 36.4 Å². The minimum atomic E-state index is -0.263. The third-order valence-corrected chi connectivity index (χ3v) is 1.52. The van der Waals surface area contributed by atoms with Crippen LogP contribution in [0.1, 0.15) is 0 Å². The Morgan fingerprint density at radius 2 is 2.36 bits per heavy atom. The lowest BCUT2D eigenvalue weighted by Gasteiger charge is -2.01. The fourth-order valence-electron chi connectivity index (χ4n) is 0.943. The third-order valence-electron chi connectivity index (χ3n) is 1.52. The average molecular weight is 192 g/mol. The zero-order valence-electron chi connectivity index (χ0n) is 7.60. The molecule has 0 saturated carbocycles. The van der Waals surface area contributed by atoms with Crippen LogP contribution in [0.4, 0.5) is 5.69 Å². The summed E-state index contributed by atoms with van der Waals surface area (Å²) in [5.74, 6) is -0.147. The molecule has 0 saturated heterocycles. The van der Waals surface area contributed by atoms with E-state index in [2.05, 4.69) is 5.32 Å². The van der Waals surface area contributed by atoms with Gasteiger partial charge in [-0.15, -0.1) is 0 Å². The van der Waals surface area contributed by atoms with E-state index in [9.17, 15) is 4.79 Å². The number of carbonyl (C=O) groups is 1. The van der Waals surface area contributed by atoms with Crippen LogP contribution in [0.3, 0.4) is 0 Å². The van der Waals surface area contributed by atoms with Crippen LogP contribution in [-0.2, 0) is 4.79 Å². The first-order valence-corrected chi connectivity index (χ1v) is 4.19. The van der Waals surface area contributed by atoms with Gasteiger partial charge in [-0.25, -0.2) is 0 Å². The molecule has 0 radical (unpaired) electrons. The first-order valence-electron chi connectivity index (χ1n) is 4.19. The molecule has 14 heavy (non-hydrogen) atoms. The van der Waals surface area contributed by atoms with Crippen molar-refractivity contribution in [1.29, 1.82) is 0 Å². The molecule has 0 spiro atoms. The van der Waals surface area contributed by atoms with Gasteiger partial charge in [-0.2, -0.15) is 0 Å². The number of nitrogens with two attached hydrogens (primary N) is 1. The van der Waals surface area contributed by atoms with E-state index < -0.39 is 0 Å². The Morgan fingerprint density at radius 3 is 3.00 bits per heavy atom. The van der Waals surface area contributed by atoms with Gasteiger partial charge < -0.3 is 16.2 Å². The Balaban J connectivity index is 2.60. The molecule has 0 aliphatic carbocycles. The molecule has 0 bridgehead atoms. The van der Waals surface area contributed by atoms with E-state index in [1.807, 2.05) is 0 Å². The molecular formula is C10H12N2O2. The molecule has 1 aromatic carbocycles. The average Bonchev–Trinajstić information content (AvgIpc) is 2.15. The first kappa shape index (κ1) is 10.3. The highest BCUT2D eigenvalue weighted by molar-refractivity contribution is 5.99. The van der Waals surface area contributed by atoms with E-state index in [1.165, 1.54) is 18.2 Å². The molecule has 4 nitrogen and oxygen atoms in total. The van der Waals surface area contributed by atoms with Gasteiger partial charge in [0.25, 0.3) is 0 Å². The van der Waals surface area contributed by atoms with Gasteiger partial charge in [0, 0.05) is 24.4 Å². The number of nitrogens with one attached hydrogen (secondary N) is 1. The van der Waals surface area contributed by atoms with Crippen LogP contribution >= 0.6 is 0 Å². The molecular weight excluding hydrogens is 180 g/mol. The van der Waals surface area contributed by atoms with Crippen LogP contribution in [-0.4, -0.2) is 17.6 Å². The summed E-state index contributed by atoms with van der Waals surface area (Å²) in [6.07, 6.45) is 2.90. The highest BCUT2D eigenvalue weighted by Gasteiger charge is 1.97. The number of hydrogen-bond donors (Lipinski definition) is 3. The summed E-state index contributed by atoms with van der Waals surface area (Å²) in [5.41, 5.74) is 5.74. The maximum Gasteiger partial charge on any atom is 0.248 e. The van der Waals surface area contributed by atoms with Crippen molar-refractivity contribution in [2.24, 2.45) is 5.73 Å². The van der Waals surface area contributed by atoms with Crippen molar-refractivity contribution in [3.8, 4) is 5.75 Å². The van der Waals surface area contributed by atoms with Gasteiger partial charge in [-0.3, -0.25) is 4.79 Å². The number of benzene rings is 1. The zero-order chi connectivity index (χ0) is 10.4. The topological polar surface area (TPSA) is 75.4 Å². The van der Waals surface area contributed by atoms with Crippen molar-refractivity contribution in [2.45, 2.75) is 0 Å². The minimum Gasteiger partial charge on any atom is -0.508 e. The van der Waals surface area contributed by atoms with Crippen molar-refractivity contribution >= 4 is 11.6 Å². The molecule has 1 aromatic rings. The predicted molar refractivity (Wildman–Crippen MR) is 54.9 cm³/mol. The van der Waals surface area contributed by atoms with Gasteiger partial charge in [0.05, 0.1) is 0 Å². The Morgan fingerprint density at radius 1 is 1.57 bits per heavy atom. The minimum absolute atomic E-state index is 0.116. The molecule has 0 aliphatic heterocycles. The van der Waals surface area contributed by atoms with Crippen molar-refractivity contribution in [3.63, 3.8) is 0 Å². The molecule has 0 heterocycles. The highest BCUT2D eigenvalue weighted by Crippen LogP contribution is 2.14. The van der Waals surface area contributed by atoms with E-state index in [1.54, 1.807) is 18.2 Å². The quantitative estimate of drug-likeness (QED) is 0.621. The lowest BCUT2D eigenvalue weighted by atomic mass is 10.3. The second-order valence-corrected chi connectivity index (χ2v) is 2.68. The number of anilines is 1. The second kappa shape index (κ2) is 5.04. The number of phenols is 1. The molecule has 74 valence electrons. The van der Waals surface area contributed by atoms with Crippen LogP contribution in [0.2, 0.25) is 0 Å². The second-order valence-electron chi connectivity index (χ2n) is 2.68. The van der Waals surface area contributed by atoms with Crippen molar-refractivity contribution < 1.29 is 9.90 Å². The molecule has 0 unspecified atom stereocenters. The van der Waals surface area contributed by atoms with Gasteiger partial charge >= 0.3 is 0 Å². The summed E-state index contributed by atoms with van der Waals surface area (Å²) >= 11 is 0. The first-order chi connectivity index (χ1) is 6.72. The van der Waals surface area contributed by atoms with E-state index >= 15 is 0 Å². The van der Waals surface area contributed by atoms with Gasteiger partial charge in [0.1, 0.15) is 5.75 Å². The van der Waals surface area contributed by atoms with E-state index in [-0.39, 0.29) is 11.7 Å². The van der Waals surface area contributed by atoms with Gasteiger partial charge in [0.2, 0.25) is 5.91 Å². The number of carbonyl (C=O) groups excluding carboxylic acids is 1. The largest absolute Gasteiger partial charge is 0.508 e. The Hall–Kier alpha value is -1.81. The number of amides is 1. The summed E-state index contributed by atoms with van der Waals surface area (Å²) in [4.78, 5) is 11.1. The molecule has 1 rings (SSSR count). The summed E-state index contributed by atoms with van der Waals surface area (Å²) in [5, 5.41) is 11.7. The molecule has 1 amide bonds. The predicted octanol–water partition coefficient (Wildman–Crippen LogP) is 0.846. The van der Waals surface area contributed by atoms with Crippen LogP contribution in [0.5, 0.6) is 5.75 Å². The Bertz CT molecular complexity index is 348. The number of rotatable bonds is 3. The maximum atomic E-state index is 11.1. The van der Waals surface area contributed by atoms with Gasteiger partial charge in [0.15, 0.2) is 0 Å². The lowest BCUT2D eigenvalue weighted by Crippen LogP contribution is -2.08. The summed E-state index contributed by atoms with van der Waals surface area (Å²) in [6, 6.07) is 6.34. The van der Waals surface area contributed by atoms with Crippen LogP contribution in [0.25, 0.3) is 0 Å². The van der Waals surface area contributed by atoms with Crippen LogP contribution in [0, 0.1) is 0 Å². The molecule has 0 aliphatic rings. The summed E-state index contributed by atoms with van der Waals surface area (Å²) in [6.45, 7) is 0.327. The molecule has 0 aromatic heterocycles. The zero-order valence-corrected chi connectivity index (χ0v) is 7.60. The van der Waals surface area contributed by atoms with E-state index in [0.717, 1.165) is 0 Å². The van der Waals surface area contributed by atoms with E-state index in [0.29, 0.717) is 12.2 Å². The fourth-order valence-corrected chi connectivity index (χ4v) is 0.943. The standard InChI is InChI=1S/C10H12N2O2/c11-6-2-5-10(14)12-8-3-1-4-9(13)7-8/h1-5,7,13H,6,11H2,(H,12,14)/b5-2+. The lowest BCUT2D eigenvalue weighted by molar-refractivity contribution is -0.111. The molecule has 4 heteroatoms. The summed E-state index contributed by atoms with van der Waals surface area (Å²) < 4.78 is 0. The SMILES string of the molecule is NC/C=C/C(=O)Nc1cccc(O)c1. The van der Waals surface area contributed by atoms with Crippen molar-refractivity contribution in [2.75, 3.05) is 11.9 Å². The normalized spacial score (nSPS) is 10.4. The monoisotopic (exact) mass is 192 g/mol. The molecule has 0 atom stereocenters. The molecule has 0 fully saturated rings. The van der Waals surface area contributed by atoms with E-state index in [4.69, 9.17) is 10.8 Å². The number of phenolic OH excluding ortho intramolecular Hbond substituents is 1. The van der Waals surface area contributed by atoms with Crippen molar-refractivity contribution in [3.05, 3.63) is 36.4 Å². The Labute approximate surface area is 82.0 Å². The van der Waals surface area contributed by atoms with Gasteiger partial charge in [-0.05, 0) is 12.1 Å². The third kappa shape index (κ3) is 3.28. The fraction of sp³-hybridized carbons (Fsp3) is 0.100. The maximum absolute atomic E-state index is 11.1. The smallest absolute Gasteiger partial charge is 0.248 e.